The molecule has 0 bridgehead atoms. The average molecular weight is 388 g/mol. The summed E-state index contributed by atoms with van der Waals surface area (Å²) in [6, 6.07) is 2.17. The molecule has 0 fully saturated rings. The van der Waals surface area contributed by atoms with Crippen LogP contribution in [0.25, 0.3) is 11.0 Å². The van der Waals surface area contributed by atoms with E-state index < -0.39 is 36.2 Å². The lowest BCUT2D eigenvalue weighted by Gasteiger charge is -2.15. The van der Waals surface area contributed by atoms with Crippen LogP contribution < -0.4 is 10.3 Å². The van der Waals surface area contributed by atoms with Gasteiger partial charge in [0.05, 0.1) is 6.04 Å². The van der Waals surface area contributed by atoms with Gasteiger partial charge in [0.25, 0.3) is 5.56 Å². The molecule has 27 heavy (non-hydrogen) atoms. The summed E-state index contributed by atoms with van der Waals surface area (Å²) >= 11 is 0. The Morgan fingerprint density at radius 3 is 2.63 bits per heavy atom. The summed E-state index contributed by atoms with van der Waals surface area (Å²) < 4.78 is 68.8. The van der Waals surface area contributed by atoms with E-state index in [1.807, 2.05) is 0 Å². The molecule has 11 heteroatoms. The highest BCUT2D eigenvalue weighted by atomic mass is 19.4. The fourth-order valence-electron chi connectivity index (χ4n) is 2.71. The minimum absolute atomic E-state index is 0.0348. The fourth-order valence-corrected chi connectivity index (χ4v) is 2.71. The van der Waals surface area contributed by atoms with Crippen molar-refractivity contribution in [3.05, 3.63) is 51.5 Å². The first-order valence-electron chi connectivity index (χ1n) is 7.70. The molecule has 0 radical (unpaired) electrons. The number of nitrogens with zero attached hydrogens (tertiary/aromatic N) is 3. The van der Waals surface area contributed by atoms with Crippen LogP contribution in [0.3, 0.4) is 0 Å². The molecule has 1 N–H and O–H groups in total. The minimum atomic E-state index is -5.02. The first-order chi connectivity index (χ1) is 12.6. The molecule has 3 aromatic rings. The number of benzene rings is 1. The second-order valence-corrected chi connectivity index (χ2v) is 5.79. The van der Waals surface area contributed by atoms with Crippen molar-refractivity contribution in [3.8, 4) is 5.75 Å². The van der Waals surface area contributed by atoms with Crippen LogP contribution in [0.1, 0.15) is 30.0 Å². The first-order valence-corrected chi connectivity index (χ1v) is 7.70. The van der Waals surface area contributed by atoms with E-state index >= 15 is 0 Å². The van der Waals surface area contributed by atoms with Crippen LogP contribution in [-0.4, -0.2) is 26.1 Å². The van der Waals surface area contributed by atoms with Crippen LogP contribution in [0.5, 0.6) is 5.75 Å². The van der Waals surface area contributed by atoms with Crippen LogP contribution in [0.4, 0.5) is 22.0 Å². The van der Waals surface area contributed by atoms with Crippen LogP contribution in [-0.2, 0) is 6.67 Å². The third-order valence-electron chi connectivity index (χ3n) is 3.91. The number of alkyl halides is 4. The van der Waals surface area contributed by atoms with Crippen molar-refractivity contribution in [1.29, 1.82) is 0 Å². The Bertz CT molecular complexity index is 1060. The number of fused-ring (bicyclic) bond motifs is 1. The number of halogens is 5. The summed E-state index contributed by atoms with van der Waals surface area (Å²) in [5.74, 6) is -1.93. The molecule has 6 nitrogen and oxygen atoms in total. The van der Waals surface area contributed by atoms with Gasteiger partial charge in [-0.2, -0.15) is 5.10 Å². The van der Waals surface area contributed by atoms with E-state index in [1.54, 1.807) is 6.92 Å². The average Bonchev–Trinajstić information content (AvgIpc) is 2.93. The molecule has 0 aliphatic rings. The lowest BCUT2D eigenvalue weighted by atomic mass is 10.1. The van der Waals surface area contributed by atoms with Gasteiger partial charge in [0, 0.05) is 0 Å². The van der Waals surface area contributed by atoms with Gasteiger partial charge in [-0.05, 0) is 31.5 Å². The van der Waals surface area contributed by atoms with E-state index in [9.17, 15) is 26.7 Å². The van der Waals surface area contributed by atoms with E-state index in [4.69, 9.17) is 0 Å². The molecule has 0 saturated carbocycles. The summed E-state index contributed by atoms with van der Waals surface area (Å²) in [6.45, 7) is 2.07. The van der Waals surface area contributed by atoms with Crippen LogP contribution >= 0.6 is 0 Å². The predicted molar refractivity (Wildman–Crippen MR) is 84.6 cm³/mol. The monoisotopic (exact) mass is 388 g/mol. The Morgan fingerprint density at radius 2 is 2.04 bits per heavy atom. The highest BCUT2D eigenvalue weighted by molar-refractivity contribution is 5.77. The third kappa shape index (κ3) is 3.62. The van der Waals surface area contributed by atoms with Crippen molar-refractivity contribution in [2.45, 2.75) is 32.9 Å². The lowest BCUT2D eigenvalue weighted by molar-refractivity contribution is -0.275. The molecule has 0 aliphatic carbocycles. The second kappa shape index (κ2) is 6.63. The summed E-state index contributed by atoms with van der Waals surface area (Å²) in [6.07, 6.45) is -5.02. The number of aryl methyl sites for hydroxylation is 1. The third-order valence-corrected chi connectivity index (χ3v) is 3.91. The molecule has 1 aromatic carbocycles. The number of aromatic amines is 1. The van der Waals surface area contributed by atoms with Crippen LogP contribution in [0.15, 0.2) is 23.0 Å². The number of nitrogens with one attached hydrogen (secondary N) is 1. The summed E-state index contributed by atoms with van der Waals surface area (Å²) in [5.41, 5.74) is -0.379. The summed E-state index contributed by atoms with van der Waals surface area (Å²) in [7, 11) is 0. The SMILES string of the molecule is Cc1nc2c(c(CF)nn2C(C)c2ccc(OC(F)(F)F)c(F)c2)c(=O)[nH]1. The second-order valence-electron chi connectivity index (χ2n) is 5.79. The molecule has 3 rings (SSSR count). The van der Waals surface area contributed by atoms with Gasteiger partial charge < -0.3 is 9.72 Å². The lowest BCUT2D eigenvalue weighted by Crippen LogP contribution is -2.18. The maximum atomic E-state index is 14.0. The molecule has 2 aromatic heterocycles. The van der Waals surface area contributed by atoms with Gasteiger partial charge in [0.1, 0.15) is 23.6 Å². The maximum absolute atomic E-state index is 14.0. The number of rotatable bonds is 4. The Kier molecular flexibility index (Phi) is 4.62. The summed E-state index contributed by atoms with van der Waals surface area (Å²) in [4.78, 5) is 18.7. The highest BCUT2D eigenvalue weighted by Crippen LogP contribution is 2.29. The molecule has 2 heterocycles. The minimum Gasteiger partial charge on any atom is -0.403 e. The number of hydrogen-bond donors (Lipinski definition) is 1. The van der Waals surface area contributed by atoms with Crippen LogP contribution in [0, 0.1) is 12.7 Å². The standard InChI is InChI=1S/C16H13F5N4O2/c1-7(9-3-4-12(10(18)5-9)27-16(19,20)21)25-14-13(11(6-17)24-25)15(26)23-8(2)22-14/h3-5,7H,6H2,1-2H3,(H,22,23,26). The van der Waals surface area contributed by atoms with E-state index in [2.05, 4.69) is 19.8 Å². The van der Waals surface area contributed by atoms with Gasteiger partial charge in [-0.25, -0.2) is 18.4 Å². The molecule has 0 saturated heterocycles. The molecule has 0 spiro atoms. The van der Waals surface area contributed by atoms with E-state index in [1.165, 1.54) is 17.7 Å². The van der Waals surface area contributed by atoms with Gasteiger partial charge in [-0.1, -0.05) is 6.07 Å². The van der Waals surface area contributed by atoms with Crippen molar-refractivity contribution in [2.75, 3.05) is 0 Å². The van der Waals surface area contributed by atoms with Crippen molar-refractivity contribution < 1.29 is 26.7 Å². The van der Waals surface area contributed by atoms with Crippen LogP contribution in [0.2, 0.25) is 0 Å². The zero-order valence-corrected chi connectivity index (χ0v) is 14.1. The molecule has 0 aliphatic heterocycles. The number of H-pyrrole nitrogens is 1. The summed E-state index contributed by atoms with van der Waals surface area (Å²) in [5, 5.41) is 3.99. The van der Waals surface area contributed by atoms with Gasteiger partial charge in [-0.15, -0.1) is 13.2 Å². The first kappa shape index (κ1) is 18.8. The highest BCUT2D eigenvalue weighted by Gasteiger charge is 2.32. The molecule has 1 unspecified atom stereocenters. The zero-order valence-electron chi connectivity index (χ0n) is 14.1. The van der Waals surface area contributed by atoms with Crippen molar-refractivity contribution >= 4 is 11.0 Å². The fraction of sp³-hybridized carbons (Fsp3) is 0.312. The van der Waals surface area contributed by atoms with Gasteiger partial charge in [0.15, 0.2) is 17.2 Å². The van der Waals surface area contributed by atoms with E-state index in [0.29, 0.717) is 0 Å². The Morgan fingerprint density at radius 1 is 1.33 bits per heavy atom. The quantitative estimate of drug-likeness (QED) is 0.694. The Balaban J connectivity index is 2.07. The van der Waals surface area contributed by atoms with Gasteiger partial charge >= 0.3 is 6.36 Å². The van der Waals surface area contributed by atoms with Crippen molar-refractivity contribution in [1.82, 2.24) is 19.7 Å². The zero-order chi connectivity index (χ0) is 19.9. The predicted octanol–water partition coefficient (Wildman–Crippen LogP) is 3.54. The van der Waals surface area contributed by atoms with E-state index in [-0.39, 0.29) is 28.1 Å². The van der Waals surface area contributed by atoms with Gasteiger partial charge in [-0.3, -0.25) is 4.79 Å². The van der Waals surface area contributed by atoms with Crippen molar-refractivity contribution in [3.63, 3.8) is 0 Å². The maximum Gasteiger partial charge on any atom is 0.573 e. The molecular formula is C16H13F5N4O2. The topological polar surface area (TPSA) is 72.8 Å². The van der Waals surface area contributed by atoms with E-state index in [0.717, 1.165) is 12.1 Å². The molecule has 1 atom stereocenters. The Labute approximate surface area is 148 Å². The number of hydrogen-bond acceptors (Lipinski definition) is 4. The molecule has 0 amide bonds. The smallest absolute Gasteiger partial charge is 0.403 e. The molecular weight excluding hydrogens is 375 g/mol. The Hall–Kier alpha value is -2.98. The number of aromatic nitrogens is 4. The normalized spacial score (nSPS) is 13.1. The number of ether oxygens (including phenoxy) is 1. The largest absolute Gasteiger partial charge is 0.573 e. The van der Waals surface area contributed by atoms with Crippen molar-refractivity contribution in [2.24, 2.45) is 0 Å². The van der Waals surface area contributed by atoms with Gasteiger partial charge in [0.2, 0.25) is 0 Å². The molecule has 144 valence electrons.